The minimum absolute atomic E-state index is 0.311. The van der Waals surface area contributed by atoms with E-state index < -0.39 is 0 Å². The van der Waals surface area contributed by atoms with E-state index in [1.807, 2.05) is 0 Å². The molecule has 0 fully saturated rings. The van der Waals surface area contributed by atoms with Gasteiger partial charge in [-0.15, -0.1) is 0 Å². The van der Waals surface area contributed by atoms with Crippen LogP contribution in [0.5, 0.6) is 0 Å². The van der Waals surface area contributed by atoms with Gasteiger partial charge in [0.25, 0.3) is 0 Å². The Morgan fingerprint density at radius 2 is 2.00 bits per heavy atom. The van der Waals surface area contributed by atoms with Crippen LogP contribution in [0.25, 0.3) is 0 Å². The molecule has 0 aromatic heterocycles. The van der Waals surface area contributed by atoms with E-state index in [4.69, 9.17) is 0 Å². The van der Waals surface area contributed by atoms with Crippen LogP contribution in [0.4, 0.5) is 0 Å². The molecule has 0 radical (unpaired) electrons. The minimum atomic E-state index is -0.311. The Kier molecular flexibility index (Phi) is 7.31. The van der Waals surface area contributed by atoms with Crippen LogP contribution in [0.1, 0.15) is 10.4 Å². The van der Waals surface area contributed by atoms with Gasteiger partial charge in [-0.05, 0) is 5.56 Å². The number of methoxy groups -OCH3 is 1. The molecule has 2 nitrogen and oxygen atoms in total. The SMILES string of the molecule is COC(=O)c1cc[c-]cc1.[Zn+][Br]. The van der Waals surface area contributed by atoms with Crippen LogP contribution >= 0.6 is 13.6 Å². The number of benzene rings is 1. The summed E-state index contributed by atoms with van der Waals surface area (Å²) in [6.45, 7) is 0. The van der Waals surface area contributed by atoms with Crippen molar-refractivity contribution < 1.29 is 25.9 Å². The van der Waals surface area contributed by atoms with Crippen molar-refractivity contribution in [2.24, 2.45) is 0 Å². The fourth-order valence-corrected chi connectivity index (χ4v) is 0.641. The van der Waals surface area contributed by atoms with Crippen molar-refractivity contribution in [3.8, 4) is 0 Å². The molecule has 1 aromatic rings. The average molecular weight is 280 g/mol. The van der Waals surface area contributed by atoms with Crippen molar-refractivity contribution in [3.63, 3.8) is 0 Å². The van der Waals surface area contributed by atoms with Crippen molar-refractivity contribution >= 4 is 19.6 Å². The summed E-state index contributed by atoms with van der Waals surface area (Å²) in [7, 11) is 1.36. The van der Waals surface area contributed by atoms with Crippen LogP contribution in [0, 0.1) is 6.07 Å². The summed E-state index contributed by atoms with van der Waals surface area (Å²) in [4.78, 5) is 10.8. The Hall–Kier alpha value is -0.207. The fourth-order valence-electron chi connectivity index (χ4n) is 0.641. The van der Waals surface area contributed by atoms with E-state index in [9.17, 15) is 4.79 Å². The van der Waals surface area contributed by atoms with Crippen LogP contribution in [0.3, 0.4) is 0 Å². The molecular weight excluding hydrogens is 273 g/mol. The van der Waals surface area contributed by atoms with Crippen molar-refractivity contribution in [1.82, 2.24) is 0 Å². The first-order chi connectivity index (χ1) is 5.84. The van der Waals surface area contributed by atoms with E-state index >= 15 is 0 Å². The zero-order valence-corrected chi connectivity index (χ0v) is 11.3. The number of ether oxygens (including phenoxy) is 1. The summed E-state index contributed by atoms with van der Waals surface area (Å²) in [5, 5.41) is 0. The van der Waals surface area contributed by atoms with Crippen LogP contribution in [0.15, 0.2) is 24.3 Å². The Bertz CT molecular complexity index is 226. The molecule has 0 N–H and O–H groups in total. The molecule has 0 aliphatic carbocycles. The third kappa shape index (κ3) is 3.98. The molecule has 0 unspecified atom stereocenters. The third-order valence-corrected chi connectivity index (χ3v) is 1.14. The Labute approximate surface area is 88.3 Å². The molecular formula is C8H7BrO2Zn. The molecule has 60 valence electrons. The zero-order valence-electron chi connectivity index (χ0n) is 6.71. The van der Waals surface area contributed by atoms with E-state index in [1.54, 1.807) is 24.3 Å². The number of carbonyl (C=O) groups excluding carboxylic acids is 1. The van der Waals surface area contributed by atoms with Gasteiger partial charge in [0.1, 0.15) is 0 Å². The zero-order chi connectivity index (χ0) is 9.40. The Balaban J connectivity index is 0.000000561. The molecule has 0 aliphatic rings. The molecule has 0 saturated carbocycles. The molecule has 0 atom stereocenters. The summed E-state index contributed by atoms with van der Waals surface area (Å²) in [5.41, 5.74) is 0.557. The van der Waals surface area contributed by atoms with Crippen molar-refractivity contribution in [1.29, 1.82) is 0 Å². The number of hydrogen-bond acceptors (Lipinski definition) is 2. The van der Waals surface area contributed by atoms with Crippen LogP contribution < -0.4 is 0 Å². The molecule has 0 heterocycles. The number of carbonyl (C=O) groups is 1. The van der Waals surface area contributed by atoms with Crippen molar-refractivity contribution in [3.05, 3.63) is 35.9 Å². The summed E-state index contributed by atoms with van der Waals surface area (Å²) >= 11 is 4.25. The molecule has 1 aromatic carbocycles. The topological polar surface area (TPSA) is 26.3 Å². The second-order valence-electron chi connectivity index (χ2n) is 1.78. The van der Waals surface area contributed by atoms with E-state index in [0.717, 1.165) is 0 Å². The monoisotopic (exact) mass is 278 g/mol. The number of esters is 1. The number of hydrogen-bond donors (Lipinski definition) is 0. The van der Waals surface area contributed by atoms with Crippen molar-refractivity contribution in [2.75, 3.05) is 7.11 Å². The Morgan fingerprint density at radius 3 is 2.42 bits per heavy atom. The van der Waals surface area contributed by atoms with E-state index in [1.165, 1.54) is 23.5 Å². The third-order valence-electron chi connectivity index (χ3n) is 1.14. The molecule has 0 bridgehead atoms. The Morgan fingerprint density at radius 1 is 1.50 bits per heavy atom. The molecule has 0 aliphatic heterocycles. The predicted molar refractivity (Wildman–Crippen MR) is 45.5 cm³/mol. The van der Waals surface area contributed by atoms with Gasteiger partial charge in [-0.1, -0.05) is 0 Å². The first-order valence-electron chi connectivity index (χ1n) is 3.16. The van der Waals surface area contributed by atoms with Crippen LogP contribution in [-0.2, 0) is 21.1 Å². The quantitative estimate of drug-likeness (QED) is 0.447. The van der Waals surface area contributed by atoms with Gasteiger partial charge in [0.05, 0.1) is 7.11 Å². The maximum atomic E-state index is 10.8. The summed E-state index contributed by atoms with van der Waals surface area (Å²) in [5.74, 6) is -0.311. The van der Waals surface area contributed by atoms with E-state index in [2.05, 4.69) is 24.4 Å². The van der Waals surface area contributed by atoms with Gasteiger partial charge in [-0.3, -0.25) is 0 Å². The molecule has 0 saturated heterocycles. The summed E-state index contributed by atoms with van der Waals surface area (Å²) in [6.07, 6.45) is 0. The first kappa shape index (κ1) is 11.8. The second-order valence-corrected chi connectivity index (χ2v) is 1.78. The standard InChI is InChI=1S/C8H7O2.BrH.Zn/c1-10-8(9)7-5-3-2-4-6-7;;/h3-6H,1H3;1H;/q-1;;+2/p-1. The number of rotatable bonds is 1. The molecule has 4 heteroatoms. The second kappa shape index (κ2) is 7.44. The van der Waals surface area contributed by atoms with Crippen LogP contribution in [-0.4, -0.2) is 13.1 Å². The molecule has 1 rings (SSSR count). The molecule has 0 spiro atoms. The van der Waals surface area contributed by atoms with E-state index in [-0.39, 0.29) is 5.97 Å². The van der Waals surface area contributed by atoms with Gasteiger partial charge in [0.15, 0.2) is 0 Å². The first-order valence-corrected chi connectivity index (χ1v) is 10.1. The van der Waals surface area contributed by atoms with Gasteiger partial charge in [0, 0.05) is 0 Å². The van der Waals surface area contributed by atoms with Crippen LogP contribution in [0.2, 0.25) is 0 Å². The average Bonchev–Trinajstić information content (AvgIpc) is 2.21. The molecule has 12 heavy (non-hydrogen) atoms. The summed E-state index contributed by atoms with van der Waals surface area (Å²) < 4.78 is 4.48. The normalized spacial score (nSPS) is 8.00. The number of halogens is 1. The predicted octanol–water partition coefficient (Wildman–Crippen LogP) is 2.12. The van der Waals surface area contributed by atoms with Gasteiger partial charge < -0.3 is 4.74 Å². The van der Waals surface area contributed by atoms with Gasteiger partial charge >= 0.3 is 35.9 Å². The maximum absolute atomic E-state index is 10.8. The van der Waals surface area contributed by atoms with Crippen molar-refractivity contribution in [2.45, 2.75) is 0 Å². The fraction of sp³-hybridized carbons (Fsp3) is 0.125. The van der Waals surface area contributed by atoms with Gasteiger partial charge in [0.2, 0.25) is 0 Å². The summed E-state index contributed by atoms with van der Waals surface area (Å²) in [6, 6.07) is 9.47. The van der Waals surface area contributed by atoms with Gasteiger partial charge in [-0.2, -0.15) is 30.3 Å². The van der Waals surface area contributed by atoms with E-state index in [0.29, 0.717) is 5.56 Å². The van der Waals surface area contributed by atoms with Gasteiger partial charge in [-0.25, -0.2) is 4.79 Å². The molecule has 0 amide bonds.